The number of rotatable bonds is 4. The zero-order valence-corrected chi connectivity index (χ0v) is 12.1. The van der Waals surface area contributed by atoms with Gasteiger partial charge in [0.25, 0.3) is 5.91 Å². The van der Waals surface area contributed by atoms with Crippen LogP contribution < -0.4 is 5.32 Å². The van der Waals surface area contributed by atoms with Crippen LogP contribution in [0, 0.1) is 11.8 Å². The Morgan fingerprint density at radius 2 is 2.19 bits per heavy atom. The van der Waals surface area contributed by atoms with Crippen LogP contribution in [-0.2, 0) is 0 Å². The standard InChI is InChI=1S/C16H21N3O2/c20-12-4-5-14-13-17-7-6-15(14)16(21)18-8-11-19-9-2-1-3-10-19/h6-7,13,20H,1-3,8-12H2,(H,18,21). The van der Waals surface area contributed by atoms with E-state index in [2.05, 4.69) is 27.0 Å². The van der Waals surface area contributed by atoms with E-state index in [9.17, 15) is 4.79 Å². The Balaban J connectivity index is 1.88. The van der Waals surface area contributed by atoms with Gasteiger partial charge in [-0.15, -0.1) is 0 Å². The molecule has 2 N–H and O–H groups in total. The maximum Gasteiger partial charge on any atom is 0.252 e. The topological polar surface area (TPSA) is 65.5 Å². The van der Waals surface area contributed by atoms with Gasteiger partial charge >= 0.3 is 0 Å². The molecule has 5 heteroatoms. The second-order valence-electron chi connectivity index (χ2n) is 5.04. The van der Waals surface area contributed by atoms with Gasteiger partial charge in [0.15, 0.2) is 0 Å². The van der Waals surface area contributed by atoms with Gasteiger partial charge in [-0.25, -0.2) is 0 Å². The first-order valence-electron chi connectivity index (χ1n) is 7.35. The van der Waals surface area contributed by atoms with Crippen molar-refractivity contribution in [2.24, 2.45) is 0 Å². The number of nitrogens with zero attached hydrogens (tertiary/aromatic N) is 2. The van der Waals surface area contributed by atoms with Crippen molar-refractivity contribution >= 4 is 5.91 Å². The summed E-state index contributed by atoms with van der Waals surface area (Å²) in [6.45, 7) is 3.53. The maximum atomic E-state index is 12.2. The molecule has 0 unspecified atom stereocenters. The van der Waals surface area contributed by atoms with Gasteiger partial charge in [0.05, 0.1) is 11.1 Å². The average molecular weight is 287 g/mol. The molecule has 0 aromatic carbocycles. The summed E-state index contributed by atoms with van der Waals surface area (Å²) in [5.74, 6) is 5.15. The molecule has 21 heavy (non-hydrogen) atoms. The van der Waals surface area contributed by atoms with Crippen LogP contribution in [-0.4, -0.2) is 53.7 Å². The van der Waals surface area contributed by atoms with Crippen LogP contribution in [0.25, 0.3) is 0 Å². The van der Waals surface area contributed by atoms with Crippen molar-refractivity contribution in [3.05, 3.63) is 29.6 Å². The number of aromatic nitrogens is 1. The van der Waals surface area contributed by atoms with Crippen molar-refractivity contribution in [3.8, 4) is 11.8 Å². The number of carbonyl (C=O) groups is 1. The van der Waals surface area contributed by atoms with E-state index in [1.807, 2.05) is 0 Å². The number of pyridine rings is 1. The van der Waals surface area contributed by atoms with Gasteiger partial charge in [0.1, 0.15) is 6.61 Å². The highest BCUT2D eigenvalue weighted by molar-refractivity contribution is 5.96. The van der Waals surface area contributed by atoms with Crippen LogP contribution in [0.1, 0.15) is 35.2 Å². The van der Waals surface area contributed by atoms with Crippen LogP contribution in [0.5, 0.6) is 0 Å². The van der Waals surface area contributed by atoms with Crippen LogP contribution in [0.4, 0.5) is 0 Å². The summed E-state index contributed by atoms with van der Waals surface area (Å²) in [5, 5.41) is 11.7. The summed E-state index contributed by atoms with van der Waals surface area (Å²) in [6, 6.07) is 1.65. The molecule has 112 valence electrons. The lowest BCUT2D eigenvalue weighted by atomic mass is 10.1. The number of likely N-dealkylation sites (tertiary alicyclic amines) is 1. The van der Waals surface area contributed by atoms with Gasteiger partial charge in [-0.1, -0.05) is 18.3 Å². The lowest BCUT2D eigenvalue weighted by Gasteiger charge is -2.26. The molecule has 0 radical (unpaired) electrons. The smallest absolute Gasteiger partial charge is 0.252 e. The molecule has 5 nitrogen and oxygen atoms in total. The van der Waals surface area contributed by atoms with Crippen molar-refractivity contribution in [2.45, 2.75) is 19.3 Å². The monoisotopic (exact) mass is 287 g/mol. The maximum absolute atomic E-state index is 12.2. The van der Waals surface area contributed by atoms with E-state index in [0.717, 1.165) is 19.6 Å². The van der Waals surface area contributed by atoms with Gasteiger partial charge in [0.2, 0.25) is 0 Å². The minimum Gasteiger partial charge on any atom is -0.384 e. The van der Waals surface area contributed by atoms with Crippen molar-refractivity contribution in [1.82, 2.24) is 15.2 Å². The number of hydrogen-bond donors (Lipinski definition) is 2. The molecule has 0 bridgehead atoms. The van der Waals surface area contributed by atoms with Gasteiger partial charge in [-0.05, 0) is 32.0 Å². The quantitative estimate of drug-likeness (QED) is 0.798. The van der Waals surface area contributed by atoms with Gasteiger partial charge in [-0.3, -0.25) is 9.78 Å². The Hall–Kier alpha value is -1.90. The zero-order chi connectivity index (χ0) is 14.9. The molecule has 0 aliphatic carbocycles. The van der Waals surface area contributed by atoms with E-state index in [-0.39, 0.29) is 12.5 Å². The average Bonchev–Trinajstić information content (AvgIpc) is 2.54. The molecule has 0 atom stereocenters. The third kappa shape index (κ3) is 4.85. The highest BCUT2D eigenvalue weighted by Crippen LogP contribution is 2.08. The minimum atomic E-state index is -0.231. The Labute approximate surface area is 125 Å². The molecular weight excluding hydrogens is 266 g/mol. The SMILES string of the molecule is O=C(NCCN1CCCCC1)c1ccncc1C#CCO. The number of hydrogen-bond acceptors (Lipinski definition) is 4. The fourth-order valence-electron chi connectivity index (χ4n) is 2.43. The number of nitrogens with one attached hydrogen (secondary N) is 1. The molecule has 1 aromatic heterocycles. The zero-order valence-electron chi connectivity index (χ0n) is 12.1. The molecular formula is C16H21N3O2. The van der Waals surface area contributed by atoms with Gasteiger partial charge in [0, 0.05) is 25.5 Å². The summed E-state index contributed by atoms with van der Waals surface area (Å²) in [4.78, 5) is 18.5. The van der Waals surface area contributed by atoms with Gasteiger partial charge < -0.3 is 15.3 Å². The number of aliphatic hydroxyl groups excluding tert-OH is 1. The second-order valence-corrected chi connectivity index (χ2v) is 5.04. The lowest BCUT2D eigenvalue weighted by molar-refractivity contribution is 0.0946. The van der Waals surface area contributed by atoms with E-state index in [4.69, 9.17) is 5.11 Å². The summed E-state index contributed by atoms with van der Waals surface area (Å²) >= 11 is 0. The third-order valence-corrected chi connectivity index (χ3v) is 3.53. The van der Waals surface area contributed by atoms with Crippen LogP contribution in [0.15, 0.2) is 18.5 Å². The predicted octanol–water partition coefficient (Wildman–Crippen LogP) is 0.641. The van der Waals surface area contributed by atoms with E-state index in [0.29, 0.717) is 17.7 Å². The number of piperidine rings is 1. The van der Waals surface area contributed by atoms with Gasteiger partial charge in [-0.2, -0.15) is 0 Å². The number of aliphatic hydroxyl groups is 1. The first kappa shape index (κ1) is 15.5. The fourth-order valence-corrected chi connectivity index (χ4v) is 2.43. The lowest BCUT2D eigenvalue weighted by Crippen LogP contribution is -2.37. The fraction of sp³-hybridized carbons (Fsp3) is 0.500. The van der Waals surface area contributed by atoms with E-state index >= 15 is 0 Å². The Morgan fingerprint density at radius 1 is 1.38 bits per heavy atom. The normalized spacial score (nSPS) is 15.1. The third-order valence-electron chi connectivity index (χ3n) is 3.53. The highest BCUT2D eigenvalue weighted by atomic mass is 16.2. The van der Waals surface area contributed by atoms with Crippen molar-refractivity contribution in [3.63, 3.8) is 0 Å². The first-order valence-corrected chi connectivity index (χ1v) is 7.35. The van der Waals surface area contributed by atoms with Crippen LogP contribution in [0.2, 0.25) is 0 Å². The molecule has 1 saturated heterocycles. The molecule has 1 aromatic rings. The largest absolute Gasteiger partial charge is 0.384 e. The van der Waals surface area contributed by atoms with E-state index in [1.54, 1.807) is 18.5 Å². The molecule has 2 rings (SSSR count). The minimum absolute atomic E-state index is 0.142. The Kier molecular flexibility index (Phi) is 6.20. The molecule has 1 fully saturated rings. The van der Waals surface area contributed by atoms with Crippen molar-refractivity contribution in [1.29, 1.82) is 0 Å². The predicted molar refractivity (Wildman–Crippen MR) is 80.8 cm³/mol. The summed E-state index contributed by atoms with van der Waals surface area (Å²) in [7, 11) is 0. The second kappa shape index (κ2) is 8.40. The number of amides is 1. The number of carbonyl (C=O) groups excluding carboxylic acids is 1. The summed E-state index contributed by atoms with van der Waals surface area (Å²) < 4.78 is 0. The molecule has 1 aliphatic heterocycles. The first-order chi connectivity index (χ1) is 10.3. The van der Waals surface area contributed by atoms with Crippen LogP contribution >= 0.6 is 0 Å². The molecule has 0 spiro atoms. The molecule has 2 heterocycles. The molecule has 1 amide bonds. The summed E-state index contributed by atoms with van der Waals surface area (Å²) in [6.07, 6.45) is 6.93. The van der Waals surface area contributed by atoms with E-state index < -0.39 is 0 Å². The van der Waals surface area contributed by atoms with Crippen molar-refractivity contribution < 1.29 is 9.90 Å². The van der Waals surface area contributed by atoms with Crippen LogP contribution in [0.3, 0.4) is 0 Å². The Morgan fingerprint density at radius 3 is 2.95 bits per heavy atom. The highest BCUT2D eigenvalue weighted by Gasteiger charge is 2.12. The van der Waals surface area contributed by atoms with Crippen molar-refractivity contribution in [2.75, 3.05) is 32.8 Å². The molecule has 1 aliphatic rings. The molecule has 0 saturated carbocycles. The summed E-state index contributed by atoms with van der Waals surface area (Å²) in [5.41, 5.74) is 1.05. The Bertz CT molecular complexity index is 528. The van der Waals surface area contributed by atoms with E-state index in [1.165, 1.54) is 19.3 Å².